The van der Waals surface area contributed by atoms with Gasteiger partial charge in [0.05, 0.1) is 28.4 Å². The van der Waals surface area contributed by atoms with Gasteiger partial charge in [-0.05, 0) is 38.1 Å². The van der Waals surface area contributed by atoms with E-state index in [2.05, 4.69) is 4.98 Å². The van der Waals surface area contributed by atoms with E-state index >= 15 is 0 Å². The second-order valence-electron chi connectivity index (χ2n) is 8.85. The lowest BCUT2D eigenvalue weighted by atomic mass is 9.77. The third-order valence-electron chi connectivity index (χ3n) is 6.63. The molecule has 37 heavy (non-hydrogen) atoms. The van der Waals surface area contributed by atoms with Gasteiger partial charge in [-0.25, -0.2) is 4.68 Å². The van der Waals surface area contributed by atoms with E-state index in [-0.39, 0.29) is 17.9 Å². The Morgan fingerprint density at radius 3 is 2.51 bits per heavy atom. The number of aryl methyl sites for hydroxylation is 1. The molecule has 0 N–H and O–H groups in total. The van der Waals surface area contributed by atoms with Gasteiger partial charge in [-0.3, -0.25) is 19.5 Å². The number of carbonyl (C=O) groups excluding carboxylic acids is 2. The van der Waals surface area contributed by atoms with Crippen LogP contribution in [0.1, 0.15) is 51.3 Å². The van der Waals surface area contributed by atoms with Crippen molar-refractivity contribution >= 4 is 28.8 Å². The lowest BCUT2D eigenvalue weighted by molar-refractivity contribution is -0.137. The molecule has 0 spiro atoms. The number of aromatic nitrogens is 3. The molecule has 0 radical (unpaired) electrons. The van der Waals surface area contributed by atoms with Gasteiger partial charge in [-0.1, -0.05) is 30.3 Å². The summed E-state index contributed by atoms with van der Waals surface area (Å²) in [5, 5.41) is 4.76. The number of nitrogens with zero attached hydrogens (tertiary/aromatic N) is 4. The van der Waals surface area contributed by atoms with Gasteiger partial charge in [-0.2, -0.15) is 18.3 Å². The van der Waals surface area contributed by atoms with Crippen LogP contribution < -0.4 is 4.90 Å². The molecule has 5 rings (SSSR count). The summed E-state index contributed by atoms with van der Waals surface area (Å²) in [4.78, 5) is 33.9. The zero-order valence-corrected chi connectivity index (χ0v) is 20.9. The van der Waals surface area contributed by atoms with Gasteiger partial charge < -0.3 is 0 Å². The quantitative estimate of drug-likeness (QED) is 0.288. The van der Waals surface area contributed by atoms with E-state index in [0.29, 0.717) is 18.1 Å². The Morgan fingerprint density at radius 2 is 1.86 bits per heavy atom. The predicted octanol–water partition coefficient (Wildman–Crippen LogP) is 6.04. The van der Waals surface area contributed by atoms with E-state index in [9.17, 15) is 22.8 Å². The molecule has 0 bridgehead atoms. The number of fused-ring (bicyclic) bond motifs is 1. The smallest absolute Gasteiger partial charge is 0.296 e. The average molecular weight is 525 g/mol. The largest absolute Gasteiger partial charge is 0.416 e. The van der Waals surface area contributed by atoms with Crippen molar-refractivity contribution in [3.63, 3.8) is 0 Å². The van der Waals surface area contributed by atoms with Crippen LogP contribution in [0.3, 0.4) is 0 Å². The molecule has 0 unspecified atom stereocenters. The summed E-state index contributed by atoms with van der Waals surface area (Å²) in [5.74, 6) is -1.48. The van der Waals surface area contributed by atoms with Crippen molar-refractivity contribution in [3.05, 3.63) is 93.6 Å². The standard InChI is InChI=1S/C27H23F3N4O2S/c1-3-33-25-23(16(2)32-34(25)19-10-5-4-6-11-19)24(22-14-31-15-37-22)20(26(33)36)13-21(35)17-8-7-9-18(12-17)27(28,29)30/h4-12,14-15,20,24H,3,13H2,1-2H3/t20-,24-/m0/s1. The van der Waals surface area contributed by atoms with Gasteiger partial charge in [0.1, 0.15) is 5.82 Å². The van der Waals surface area contributed by atoms with Crippen molar-refractivity contribution in [1.29, 1.82) is 0 Å². The van der Waals surface area contributed by atoms with Crippen LogP contribution in [0.2, 0.25) is 0 Å². The predicted molar refractivity (Wildman–Crippen MR) is 134 cm³/mol. The first-order valence-electron chi connectivity index (χ1n) is 11.8. The van der Waals surface area contributed by atoms with Gasteiger partial charge >= 0.3 is 6.18 Å². The Bertz CT molecular complexity index is 1450. The second-order valence-corrected chi connectivity index (χ2v) is 9.76. The Kier molecular flexibility index (Phi) is 6.45. The number of alkyl halides is 3. The molecule has 3 heterocycles. The highest BCUT2D eigenvalue weighted by molar-refractivity contribution is 7.09. The Labute approximate surface area is 215 Å². The molecule has 0 saturated carbocycles. The van der Waals surface area contributed by atoms with Crippen LogP contribution in [0.5, 0.6) is 0 Å². The summed E-state index contributed by atoms with van der Waals surface area (Å²) in [6.07, 6.45) is -3.14. The van der Waals surface area contributed by atoms with Crippen molar-refractivity contribution in [1.82, 2.24) is 14.8 Å². The summed E-state index contributed by atoms with van der Waals surface area (Å²) in [7, 11) is 0. The fourth-order valence-corrected chi connectivity index (χ4v) is 5.76. The third-order valence-corrected chi connectivity index (χ3v) is 7.48. The summed E-state index contributed by atoms with van der Waals surface area (Å²) < 4.78 is 41.5. The van der Waals surface area contributed by atoms with Crippen molar-refractivity contribution in [3.8, 4) is 5.69 Å². The maximum absolute atomic E-state index is 13.9. The topological polar surface area (TPSA) is 68.1 Å². The van der Waals surface area contributed by atoms with E-state index in [4.69, 9.17) is 5.10 Å². The highest BCUT2D eigenvalue weighted by atomic mass is 32.1. The molecule has 0 fully saturated rings. The Balaban J connectivity index is 1.62. The minimum Gasteiger partial charge on any atom is -0.296 e. The molecule has 1 aliphatic heterocycles. The van der Waals surface area contributed by atoms with E-state index in [1.54, 1.807) is 21.3 Å². The summed E-state index contributed by atoms with van der Waals surface area (Å²) >= 11 is 1.37. The molecule has 0 aliphatic carbocycles. The first kappa shape index (κ1) is 24.9. The van der Waals surface area contributed by atoms with E-state index < -0.39 is 29.4 Å². The summed E-state index contributed by atoms with van der Waals surface area (Å²) in [6, 6.07) is 13.8. The average Bonchev–Trinajstić information content (AvgIpc) is 3.53. The number of para-hydroxylation sites is 1. The number of anilines is 1. The summed E-state index contributed by atoms with van der Waals surface area (Å²) in [6.45, 7) is 4.05. The third kappa shape index (κ3) is 4.46. The van der Waals surface area contributed by atoms with Crippen molar-refractivity contribution in [2.24, 2.45) is 5.92 Å². The van der Waals surface area contributed by atoms with E-state index in [1.165, 1.54) is 23.5 Å². The first-order valence-corrected chi connectivity index (χ1v) is 12.6. The zero-order valence-electron chi connectivity index (χ0n) is 20.1. The molecule has 2 aromatic heterocycles. The van der Waals surface area contributed by atoms with Crippen LogP contribution in [0, 0.1) is 12.8 Å². The van der Waals surface area contributed by atoms with Crippen molar-refractivity contribution in [2.75, 3.05) is 11.4 Å². The number of Topliss-reactive ketones (excluding diaryl/α,β-unsaturated/α-hetero) is 1. The lowest BCUT2D eigenvalue weighted by Gasteiger charge is -2.37. The number of rotatable bonds is 6. The molecule has 2 atom stereocenters. The molecule has 2 aromatic carbocycles. The van der Waals surface area contributed by atoms with Crippen molar-refractivity contribution < 1.29 is 22.8 Å². The number of thiazole rings is 1. The molecule has 1 aliphatic rings. The monoisotopic (exact) mass is 524 g/mol. The minimum absolute atomic E-state index is 0.0729. The van der Waals surface area contributed by atoms with Crippen LogP contribution in [0.4, 0.5) is 19.0 Å². The fourth-order valence-electron chi connectivity index (χ4n) is 4.97. The number of amides is 1. The maximum atomic E-state index is 13.9. The van der Waals surface area contributed by atoms with Crippen LogP contribution in [0.15, 0.2) is 66.3 Å². The van der Waals surface area contributed by atoms with Crippen LogP contribution >= 0.6 is 11.3 Å². The lowest BCUT2D eigenvalue weighted by Crippen LogP contribution is -2.45. The van der Waals surface area contributed by atoms with Gasteiger partial charge in [0.25, 0.3) is 0 Å². The zero-order chi connectivity index (χ0) is 26.3. The Morgan fingerprint density at radius 1 is 1.11 bits per heavy atom. The summed E-state index contributed by atoms with van der Waals surface area (Å²) in [5.41, 5.74) is 3.01. The van der Waals surface area contributed by atoms with Crippen LogP contribution in [-0.4, -0.2) is 33.0 Å². The Hall–Kier alpha value is -3.79. The number of benzene rings is 2. The molecular formula is C27H23F3N4O2S. The highest BCUT2D eigenvalue weighted by Gasteiger charge is 2.46. The molecule has 0 saturated heterocycles. The molecule has 6 nitrogen and oxygen atoms in total. The molecule has 10 heteroatoms. The minimum atomic E-state index is -4.57. The normalized spacial score (nSPS) is 17.6. The number of hydrogen-bond donors (Lipinski definition) is 0. The van der Waals surface area contributed by atoms with Crippen molar-refractivity contribution in [2.45, 2.75) is 32.4 Å². The number of hydrogen-bond acceptors (Lipinski definition) is 5. The van der Waals surface area contributed by atoms with Crippen LogP contribution in [0.25, 0.3) is 5.69 Å². The molecule has 1 amide bonds. The maximum Gasteiger partial charge on any atom is 0.416 e. The van der Waals surface area contributed by atoms with E-state index in [0.717, 1.165) is 28.3 Å². The highest BCUT2D eigenvalue weighted by Crippen LogP contribution is 2.48. The molecule has 190 valence electrons. The van der Waals surface area contributed by atoms with Gasteiger partial charge in [0.15, 0.2) is 5.78 Å². The fraction of sp³-hybridized carbons (Fsp3) is 0.259. The number of halogens is 3. The van der Waals surface area contributed by atoms with E-state index in [1.807, 2.05) is 44.2 Å². The molecule has 4 aromatic rings. The second kappa shape index (κ2) is 9.59. The van der Waals surface area contributed by atoms with Crippen LogP contribution in [-0.2, 0) is 11.0 Å². The number of carbonyl (C=O) groups is 2. The SMILES string of the molecule is CCN1C(=O)[C@@H](CC(=O)c2cccc(C(F)(F)F)c2)[C@@H](c2cncs2)c2c(C)nn(-c3ccccc3)c21. The first-order chi connectivity index (χ1) is 17.7. The molecular weight excluding hydrogens is 501 g/mol. The van der Waals surface area contributed by atoms with Gasteiger partial charge in [0.2, 0.25) is 5.91 Å². The number of ketones is 1. The van der Waals surface area contributed by atoms with Gasteiger partial charge in [0, 0.05) is 41.1 Å². The van der Waals surface area contributed by atoms with Gasteiger partial charge in [-0.15, -0.1) is 11.3 Å².